The lowest BCUT2D eigenvalue weighted by molar-refractivity contribution is -0.0482. The van der Waals surface area contributed by atoms with Gasteiger partial charge in [0.05, 0.1) is 23.8 Å². The molecule has 0 saturated heterocycles. The minimum Gasteiger partial charge on any atom is -0.394 e. The van der Waals surface area contributed by atoms with Crippen LogP contribution < -0.4 is 4.90 Å². The summed E-state index contributed by atoms with van der Waals surface area (Å²) in [4.78, 5) is 6.30. The fourth-order valence-electron chi connectivity index (χ4n) is 1.95. The van der Waals surface area contributed by atoms with Crippen LogP contribution in [-0.2, 0) is 11.5 Å². The van der Waals surface area contributed by atoms with Gasteiger partial charge in [-0.3, -0.25) is 4.57 Å². The van der Waals surface area contributed by atoms with Gasteiger partial charge in [-0.2, -0.15) is 0 Å². The van der Waals surface area contributed by atoms with E-state index in [0.717, 1.165) is 5.52 Å². The Morgan fingerprint density at radius 2 is 1.95 bits per heavy atom. The van der Waals surface area contributed by atoms with Crippen LogP contribution >= 0.6 is 23.2 Å². The van der Waals surface area contributed by atoms with Crippen molar-refractivity contribution < 1.29 is 14.9 Å². The zero-order valence-corrected chi connectivity index (χ0v) is 13.3. The molecule has 0 aliphatic heterocycles. The molecule has 2 rings (SSSR count). The van der Waals surface area contributed by atoms with Crippen molar-refractivity contribution >= 4 is 40.2 Å². The normalized spacial score (nSPS) is 11.6. The van der Waals surface area contributed by atoms with Crippen LogP contribution in [0.2, 0.25) is 10.0 Å². The second-order valence-electron chi connectivity index (χ2n) is 4.77. The fourth-order valence-corrected chi connectivity index (χ4v) is 2.47. The minimum atomic E-state index is -0.646. The topological polar surface area (TPSA) is 70.8 Å². The minimum absolute atomic E-state index is 0.118. The highest BCUT2D eigenvalue weighted by molar-refractivity contribution is 6.38. The van der Waals surface area contributed by atoms with Crippen molar-refractivity contribution in [2.24, 2.45) is 0 Å². The molecule has 0 amide bonds. The summed E-state index contributed by atoms with van der Waals surface area (Å²) in [6.45, 7) is -0.406. The third-order valence-electron chi connectivity index (χ3n) is 3.00. The number of fused-ring (bicyclic) bond motifs is 1. The summed E-state index contributed by atoms with van der Waals surface area (Å²) >= 11 is 12.2. The van der Waals surface area contributed by atoms with Crippen LogP contribution in [0.5, 0.6) is 0 Å². The molecule has 0 bridgehead atoms. The van der Waals surface area contributed by atoms with Crippen LogP contribution in [0.4, 0.5) is 5.95 Å². The van der Waals surface area contributed by atoms with Gasteiger partial charge in [0.25, 0.3) is 0 Å². The van der Waals surface area contributed by atoms with E-state index in [0.29, 0.717) is 21.5 Å². The Kier molecular flexibility index (Phi) is 5.29. The van der Waals surface area contributed by atoms with Crippen molar-refractivity contribution in [2.75, 3.05) is 32.2 Å². The second kappa shape index (κ2) is 6.81. The number of nitrogens with zero attached hydrogens (tertiary/aromatic N) is 3. The standard InChI is InChI=1S/C13H17Cl2N3O3/c1-17(2)13-16-12-10(15)3-8(14)4-11(12)18(13)7-21-9(5-19)6-20/h3-4,9,19-20H,5-7H2,1-2H3. The number of hydrogen-bond donors (Lipinski definition) is 2. The molecule has 0 radical (unpaired) electrons. The summed E-state index contributed by atoms with van der Waals surface area (Å²) in [7, 11) is 3.70. The van der Waals surface area contributed by atoms with E-state index in [2.05, 4.69) is 4.98 Å². The maximum Gasteiger partial charge on any atom is 0.208 e. The van der Waals surface area contributed by atoms with Crippen molar-refractivity contribution in [3.05, 3.63) is 22.2 Å². The first kappa shape index (κ1) is 16.3. The summed E-state index contributed by atoms with van der Waals surface area (Å²) in [5.74, 6) is 0.642. The van der Waals surface area contributed by atoms with Crippen molar-refractivity contribution in [1.29, 1.82) is 0 Å². The number of hydrogen-bond acceptors (Lipinski definition) is 5. The number of aliphatic hydroxyl groups is 2. The quantitative estimate of drug-likeness (QED) is 0.842. The molecule has 0 unspecified atom stereocenters. The SMILES string of the molecule is CN(C)c1nc2c(Cl)cc(Cl)cc2n1COC(CO)CO. The Bertz CT molecular complexity index is 627. The predicted molar refractivity (Wildman–Crippen MR) is 83.1 cm³/mol. The molecule has 1 aromatic carbocycles. The van der Waals surface area contributed by atoms with Gasteiger partial charge >= 0.3 is 0 Å². The van der Waals surface area contributed by atoms with Gasteiger partial charge in [-0.15, -0.1) is 0 Å². The molecular weight excluding hydrogens is 317 g/mol. The summed E-state index contributed by atoms with van der Waals surface area (Å²) in [6.07, 6.45) is -0.646. The Morgan fingerprint density at radius 3 is 2.52 bits per heavy atom. The molecule has 0 aliphatic rings. The number of halogens is 2. The Labute approximate surface area is 132 Å². The largest absolute Gasteiger partial charge is 0.394 e. The van der Waals surface area contributed by atoms with E-state index in [1.54, 1.807) is 16.7 Å². The third-order valence-corrected chi connectivity index (χ3v) is 3.51. The number of anilines is 1. The second-order valence-corrected chi connectivity index (χ2v) is 5.62. The maximum atomic E-state index is 9.07. The monoisotopic (exact) mass is 333 g/mol. The highest BCUT2D eigenvalue weighted by atomic mass is 35.5. The third kappa shape index (κ3) is 3.41. The highest BCUT2D eigenvalue weighted by Crippen LogP contribution is 2.30. The van der Waals surface area contributed by atoms with Gasteiger partial charge in [0.2, 0.25) is 5.95 Å². The number of ether oxygens (including phenoxy) is 1. The molecule has 2 aromatic rings. The molecule has 1 heterocycles. The van der Waals surface area contributed by atoms with Crippen molar-refractivity contribution in [3.8, 4) is 0 Å². The Hall–Kier alpha value is -1.05. The lowest BCUT2D eigenvalue weighted by atomic mass is 10.3. The van der Waals surface area contributed by atoms with Gasteiger partial charge in [-0.25, -0.2) is 4.98 Å². The molecule has 6 nitrogen and oxygen atoms in total. The lowest BCUT2D eigenvalue weighted by Gasteiger charge is -2.18. The van der Waals surface area contributed by atoms with Crippen LogP contribution in [0.25, 0.3) is 11.0 Å². The molecule has 0 spiro atoms. The first-order chi connectivity index (χ1) is 9.97. The number of benzene rings is 1. The van der Waals surface area contributed by atoms with Gasteiger partial charge in [-0.05, 0) is 12.1 Å². The van der Waals surface area contributed by atoms with Gasteiger partial charge in [0, 0.05) is 19.1 Å². The number of imidazole rings is 1. The van der Waals surface area contributed by atoms with Gasteiger partial charge in [0.1, 0.15) is 18.4 Å². The summed E-state index contributed by atoms with van der Waals surface area (Å²) in [6, 6.07) is 3.38. The molecule has 0 atom stereocenters. The van der Waals surface area contributed by atoms with Crippen molar-refractivity contribution in [1.82, 2.24) is 9.55 Å². The van der Waals surface area contributed by atoms with E-state index in [1.807, 2.05) is 19.0 Å². The molecule has 0 aliphatic carbocycles. The van der Waals surface area contributed by atoms with Gasteiger partial charge < -0.3 is 19.8 Å². The molecule has 2 N–H and O–H groups in total. The molecule has 0 saturated carbocycles. The Morgan fingerprint density at radius 1 is 1.29 bits per heavy atom. The van der Waals surface area contributed by atoms with E-state index in [4.69, 9.17) is 38.2 Å². The lowest BCUT2D eigenvalue weighted by Crippen LogP contribution is -2.24. The molecule has 116 valence electrons. The summed E-state index contributed by atoms with van der Waals surface area (Å²) in [5.41, 5.74) is 1.35. The van der Waals surface area contributed by atoms with Crippen LogP contribution in [0.1, 0.15) is 0 Å². The predicted octanol–water partition coefficient (Wildman–Crippen LogP) is 1.74. The smallest absolute Gasteiger partial charge is 0.208 e. The fraction of sp³-hybridized carbons (Fsp3) is 0.462. The first-order valence-corrected chi connectivity index (χ1v) is 7.09. The average Bonchev–Trinajstić information content (AvgIpc) is 2.79. The number of aromatic nitrogens is 2. The molecule has 0 fully saturated rings. The van der Waals surface area contributed by atoms with E-state index >= 15 is 0 Å². The molecule has 21 heavy (non-hydrogen) atoms. The molecule has 8 heteroatoms. The van der Waals surface area contributed by atoms with E-state index in [9.17, 15) is 0 Å². The zero-order valence-electron chi connectivity index (χ0n) is 11.8. The van der Waals surface area contributed by atoms with E-state index in [-0.39, 0.29) is 19.9 Å². The molecular formula is C13H17Cl2N3O3. The van der Waals surface area contributed by atoms with Crippen LogP contribution in [-0.4, -0.2) is 53.2 Å². The van der Waals surface area contributed by atoms with Crippen molar-refractivity contribution in [3.63, 3.8) is 0 Å². The van der Waals surface area contributed by atoms with Gasteiger partial charge in [-0.1, -0.05) is 23.2 Å². The van der Waals surface area contributed by atoms with Crippen LogP contribution in [0.15, 0.2) is 12.1 Å². The number of aliphatic hydroxyl groups excluding tert-OH is 2. The molecule has 1 aromatic heterocycles. The Balaban J connectivity index is 2.46. The first-order valence-electron chi connectivity index (χ1n) is 6.33. The zero-order chi connectivity index (χ0) is 15.6. The maximum absolute atomic E-state index is 9.07. The van der Waals surface area contributed by atoms with E-state index < -0.39 is 6.10 Å². The van der Waals surface area contributed by atoms with Crippen LogP contribution in [0.3, 0.4) is 0 Å². The van der Waals surface area contributed by atoms with Crippen molar-refractivity contribution in [2.45, 2.75) is 12.8 Å². The van der Waals surface area contributed by atoms with Gasteiger partial charge in [0.15, 0.2) is 0 Å². The van der Waals surface area contributed by atoms with E-state index in [1.165, 1.54) is 0 Å². The summed E-state index contributed by atoms with van der Waals surface area (Å²) in [5, 5.41) is 19.1. The summed E-state index contributed by atoms with van der Waals surface area (Å²) < 4.78 is 7.26. The average molecular weight is 334 g/mol. The highest BCUT2D eigenvalue weighted by Gasteiger charge is 2.17. The van der Waals surface area contributed by atoms with Crippen LogP contribution in [0, 0.1) is 0 Å². The number of rotatable bonds is 6.